The summed E-state index contributed by atoms with van der Waals surface area (Å²) in [5.74, 6) is 0.882. The zero-order valence-corrected chi connectivity index (χ0v) is 17.6. The van der Waals surface area contributed by atoms with Gasteiger partial charge in [0, 0.05) is 37.9 Å². The molecule has 1 unspecified atom stereocenters. The number of para-hydroxylation sites is 1. The molecule has 1 N–H and O–H groups in total. The number of hydrogen-bond acceptors (Lipinski definition) is 6. The lowest BCUT2D eigenvalue weighted by Gasteiger charge is -2.35. The molecule has 0 spiro atoms. The van der Waals surface area contributed by atoms with Crippen molar-refractivity contribution in [1.29, 1.82) is 0 Å². The van der Waals surface area contributed by atoms with E-state index >= 15 is 0 Å². The third kappa shape index (κ3) is 5.34. The van der Waals surface area contributed by atoms with Crippen molar-refractivity contribution < 1.29 is 23.8 Å². The molecule has 2 aromatic rings. The maximum Gasteiger partial charge on any atom is 0.267 e. The fourth-order valence-electron chi connectivity index (χ4n) is 3.65. The quantitative estimate of drug-likeness (QED) is 0.732. The summed E-state index contributed by atoms with van der Waals surface area (Å²) in [6.07, 6.45) is -0.579. The second-order valence-corrected chi connectivity index (χ2v) is 7.54. The summed E-state index contributed by atoms with van der Waals surface area (Å²) >= 11 is 0. The molecule has 8 heteroatoms. The number of carbonyl (C=O) groups excluding carboxylic acids is 2. The molecule has 2 aliphatic heterocycles. The Bertz CT molecular complexity index is 915. The monoisotopic (exact) mass is 425 g/mol. The maximum atomic E-state index is 12.7. The lowest BCUT2D eigenvalue weighted by Crippen LogP contribution is -2.48. The zero-order chi connectivity index (χ0) is 21.6. The summed E-state index contributed by atoms with van der Waals surface area (Å²) < 4.78 is 16.7. The predicted molar refractivity (Wildman–Crippen MR) is 117 cm³/mol. The molecule has 2 aromatic carbocycles. The molecule has 2 amide bonds. The number of carbonyl (C=O) groups is 2. The smallest absolute Gasteiger partial charge is 0.267 e. The highest BCUT2D eigenvalue weighted by Crippen LogP contribution is 2.36. The predicted octanol–water partition coefficient (Wildman–Crippen LogP) is 2.15. The first-order valence-electron chi connectivity index (χ1n) is 10.5. The largest absolute Gasteiger partial charge is 0.484 e. The first-order valence-corrected chi connectivity index (χ1v) is 10.5. The second kappa shape index (κ2) is 9.80. The second-order valence-electron chi connectivity index (χ2n) is 7.54. The Morgan fingerprint density at radius 3 is 2.68 bits per heavy atom. The molecule has 0 saturated carbocycles. The van der Waals surface area contributed by atoms with E-state index in [1.165, 1.54) is 0 Å². The van der Waals surface area contributed by atoms with Gasteiger partial charge in [-0.25, -0.2) is 0 Å². The minimum atomic E-state index is -0.579. The summed E-state index contributed by atoms with van der Waals surface area (Å²) in [6, 6.07) is 14.5. The number of rotatable bonds is 7. The van der Waals surface area contributed by atoms with Gasteiger partial charge in [0.2, 0.25) is 0 Å². The standard InChI is InChI=1S/C23H27N3O5/c1-17-23(28)26(10-9-25-11-13-29-14-12-25)20-8-7-18(15-21(20)31-17)24-22(27)16-30-19-5-3-2-4-6-19/h2-8,15,17H,9-14,16H2,1H3,(H,24,27). The Kier molecular flexibility index (Phi) is 6.69. The van der Waals surface area contributed by atoms with Crippen LogP contribution in [0.15, 0.2) is 48.5 Å². The molecule has 0 bridgehead atoms. The minimum absolute atomic E-state index is 0.0613. The molecule has 164 valence electrons. The number of fused-ring (bicyclic) bond motifs is 1. The van der Waals surface area contributed by atoms with Gasteiger partial charge in [0.25, 0.3) is 11.8 Å². The summed E-state index contributed by atoms with van der Waals surface area (Å²) in [5, 5.41) is 2.82. The molecule has 1 saturated heterocycles. The van der Waals surface area contributed by atoms with E-state index in [0.717, 1.165) is 38.5 Å². The summed E-state index contributed by atoms with van der Waals surface area (Å²) in [5.41, 5.74) is 1.31. The first-order chi connectivity index (χ1) is 15.1. The van der Waals surface area contributed by atoms with E-state index < -0.39 is 6.10 Å². The zero-order valence-electron chi connectivity index (χ0n) is 17.6. The van der Waals surface area contributed by atoms with E-state index in [2.05, 4.69) is 10.2 Å². The number of nitrogens with one attached hydrogen (secondary N) is 1. The van der Waals surface area contributed by atoms with Gasteiger partial charge in [-0.2, -0.15) is 0 Å². The number of hydrogen-bond donors (Lipinski definition) is 1. The Balaban J connectivity index is 1.39. The SMILES string of the molecule is CC1Oc2cc(NC(=O)COc3ccccc3)ccc2N(CCN2CCOCC2)C1=O. The van der Waals surface area contributed by atoms with Crippen LogP contribution in [0.2, 0.25) is 0 Å². The van der Waals surface area contributed by atoms with Gasteiger partial charge in [-0.3, -0.25) is 14.5 Å². The van der Waals surface area contributed by atoms with E-state index in [9.17, 15) is 9.59 Å². The van der Waals surface area contributed by atoms with Crippen molar-refractivity contribution >= 4 is 23.2 Å². The van der Waals surface area contributed by atoms with Crippen LogP contribution >= 0.6 is 0 Å². The summed E-state index contributed by atoms with van der Waals surface area (Å²) in [6.45, 7) is 6.19. The number of benzene rings is 2. The minimum Gasteiger partial charge on any atom is -0.484 e. The number of amides is 2. The van der Waals surface area contributed by atoms with Crippen LogP contribution in [-0.4, -0.2) is 68.8 Å². The van der Waals surface area contributed by atoms with Crippen molar-refractivity contribution in [3.8, 4) is 11.5 Å². The Morgan fingerprint density at radius 2 is 1.90 bits per heavy atom. The number of ether oxygens (including phenoxy) is 3. The topological polar surface area (TPSA) is 80.3 Å². The van der Waals surface area contributed by atoms with E-state index in [1.54, 1.807) is 36.1 Å². The summed E-state index contributed by atoms with van der Waals surface area (Å²) in [7, 11) is 0. The van der Waals surface area contributed by atoms with Crippen LogP contribution in [0.3, 0.4) is 0 Å². The average molecular weight is 425 g/mol. The van der Waals surface area contributed by atoms with Gasteiger partial charge in [0.15, 0.2) is 12.7 Å². The van der Waals surface area contributed by atoms with Crippen molar-refractivity contribution in [2.45, 2.75) is 13.0 Å². The van der Waals surface area contributed by atoms with Gasteiger partial charge < -0.3 is 24.4 Å². The molecular formula is C23H27N3O5. The Morgan fingerprint density at radius 1 is 1.13 bits per heavy atom. The van der Waals surface area contributed by atoms with E-state index in [0.29, 0.717) is 23.7 Å². The lowest BCUT2D eigenvalue weighted by molar-refractivity contribution is -0.125. The van der Waals surface area contributed by atoms with Crippen molar-refractivity contribution in [2.24, 2.45) is 0 Å². The number of morpholine rings is 1. The highest BCUT2D eigenvalue weighted by molar-refractivity contribution is 6.00. The average Bonchev–Trinajstić information content (AvgIpc) is 2.79. The fourth-order valence-corrected chi connectivity index (χ4v) is 3.65. The van der Waals surface area contributed by atoms with Gasteiger partial charge in [-0.15, -0.1) is 0 Å². The van der Waals surface area contributed by atoms with Crippen molar-refractivity contribution in [3.63, 3.8) is 0 Å². The van der Waals surface area contributed by atoms with Gasteiger partial charge in [0.1, 0.15) is 11.5 Å². The fraction of sp³-hybridized carbons (Fsp3) is 0.391. The van der Waals surface area contributed by atoms with E-state index in [-0.39, 0.29) is 18.4 Å². The molecule has 8 nitrogen and oxygen atoms in total. The van der Waals surface area contributed by atoms with Crippen molar-refractivity contribution in [1.82, 2.24) is 4.90 Å². The molecule has 1 fully saturated rings. The van der Waals surface area contributed by atoms with Crippen LogP contribution in [-0.2, 0) is 14.3 Å². The van der Waals surface area contributed by atoms with E-state index in [1.807, 2.05) is 24.3 Å². The molecule has 0 aliphatic carbocycles. The van der Waals surface area contributed by atoms with E-state index in [4.69, 9.17) is 14.2 Å². The first kappa shape index (κ1) is 21.1. The van der Waals surface area contributed by atoms with Gasteiger partial charge in [0.05, 0.1) is 18.9 Å². The molecule has 31 heavy (non-hydrogen) atoms. The summed E-state index contributed by atoms with van der Waals surface area (Å²) in [4.78, 5) is 29.0. The molecule has 1 atom stereocenters. The third-order valence-electron chi connectivity index (χ3n) is 5.31. The number of anilines is 2. The van der Waals surface area contributed by atoms with Crippen LogP contribution in [0, 0.1) is 0 Å². The third-order valence-corrected chi connectivity index (χ3v) is 5.31. The maximum absolute atomic E-state index is 12.7. The molecule has 2 heterocycles. The van der Waals surface area contributed by atoms with Gasteiger partial charge >= 0.3 is 0 Å². The molecule has 0 aromatic heterocycles. The highest BCUT2D eigenvalue weighted by atomic mass is 16.5. The number of nitrogens with zero attached hydrogens (tertiary/aromatic N) is 2. The van der Waals surface area contributed by atoms with Crippen LogP contribution in [0.5, 0.6) is 11.5 Å². The van der Waals surface area contributed by atoms with Crippen LogP contribution in [0.4, 0.5) is 11.4 Å². The Labute approximate surface area is 181 Å². The Hall–Kier alpha value is -3.10. The van der Waals surface area contributed by atoms with Gasteiger partial charge in [-0.1, -0.05) is 18.2 Å². The normalized spacial score (nSPS) is 18.8. The molecular weight excluding hydrogens is 398 g/mol. The highest BCUT2D eigenvalue weighted by Gasteiger charge is 2.32. The van der Waals surface area contributed by atoms with Crippen LogP contribution in [0.1, 0.15) is 6.92 Å². The van der Waals surface area contributed by atoms with Crippen molar-refractivity contribution in [3.05, 3.63) is 48.5 Å². The molecule has 2 aliphatic rings. The molecule has 4 rings (SSSR count). The van der Waals surface area contributed by atoms with Crippen molar-refractivity contribution in [2.75, 3.05) is 56.2 Å². The van der Waals surface area contributed by atoms with Gasteiger partial charge in [-0.05, 0) is 31.2 Å². The van der Waals surface area contributed by atoms with Crippen LogP contribution < -0.4 is 19.7 Å². The lowest BCUT2D eigenvalue weighted by atomic mass is 10.1. The molecule has 0 radical (unpaired) electrons. The van der Waals surface area contributed by atoms with Crippen LogP contribution in [0.25, 0.3) is 0 Å².